The summed E-state index contributed by atoms with van der Waals surface area (Å²) in [5, 5.41) is 41.4. The fourth-order valence-electron chi connectivity index (χ4n) is 6.77. The predicted molar refractivity (Wildman–Crippen MR) is 253 cm³/mol. The van der Waals surface area contributed by atoms with Crippen molar-refractivity contribution in [2.24, 2.45) is 20.5 Å². The summed E-state index contributed by atoms with van der Waals surface area (Å²) < 4.78 is 2.10. The van der Waals surface area contributed by atoms with E-state index in [-0.39, 0.29) is 102 Å². The standard InChI is InChI=1S/C44H22Cl2N22O4/c1-49-35-36(50-2)68(42-53-15-8-16-54-42)44(62-35)66-64-32(34-56-26-12-6-4-10-22(26)38(70)61-34)40(72)58-28-18-23(45)27(17-24(28)46)57-39(71)31(33-55-25-11-5-3-9-21(25)37(69)60-33)63-65-43-59-29(19-47)30(20-48)67(43)41-51-13-7-14-52-41/h3-18,31-32H,(H,57,71)(H,58,72)(H,55,60,69)(H,56,61,70). The molecule has 2 atom stereocenters. The van der Waals surface area contributed by atoms with Gasteiger partial charge in [0, 0.05) is 24.8 Å². The molecule has 0 spiro atoms. The summed E-state index contributed by atoms with van der Waals surface area (Å²) >= 11 is 13.5. The average Bonchev–Trinajstić information content (AvgIpc) is 3.95. The molecule has 0 saturated carbocycles. The number of H-pyrrole nitrogens is 2. The molecule has 346 valence electrons. The number of aromatic amines is 2. The van der Waals surface area contributed by atoms with E-state index in [1.807, 2.05) is 6.07 Å². The minimum atomic E-state index is -1.78. The van der Waals surface area contributed by atoms with Crippen molar-refractivity contribution in [3.63, 3.8) is 0 Å². The van der Waals surface area contributed by atoms with Crippen LogP contribution in [0.1, 0.15) is 35.1 Å². The predicted octanol–water partition coefficient (Wildman–Crippen LogP) is 7.19. The molecule has 6 aromatic heterocycles. The van der Waals surface area contributed by atoms with Crippen LogP contribution in [0.15, 0.2) is 128 Å². The number of hydrogen-bond acceptors (Lipinski definition) is 18. The van der Waals surface area contributed by atoms with E-state index in [2.05, 4.69) is 90.6 Å². The lowest BCUT2D eigenvalue weighted by atomic mass is 10.2. The van der Waals surface area contributed by atoms with Gasteiger partial charge in [-0.3, -0.25) is 19.2 Å². The zero-order valence-corrected chi connectivity index (χ0v) is 37.3. The van der Waals surface area contributed by atoms with E-state index in [0.29, 0.717) is 0 Å². The molecule has 72 heavy (non-hydrogen) atoms. The molecule has 28 heteroatoms. The first kappa shape index (κ1) is 46.3. The van der Waals surface area contributed by atoms with Crippen LogP contribution in [0.3, 0.4) is 0 Å². The van der Waals surface area contributed by atoms with Gasteiger partial charge >= 0.3 is 11.9 Å². The number of halogens is 2. The number of aromatic nitrogens is 12. The molecular formula is C44H22Cl2N22O4. The molecule has 0 aliphatic rings. The van der Waals surface area contributed by atoms with Crippen LogP contribution in [0.4, 0.5) is 34.9 Å². The van der Waals surface area contributed by atoms with E-state index in [1.54, 1.807) is 30.3 Å². The second-order valence-electron chi connectivity index (χ2n) is 14.3. The SMILES string of the molecule is [C-]#[N+]c1nc(N=NC(C(=O)Nc2cc(Cl)c(NC(=O)C(N=Nc3nc(C#N)c(C#N)n3-c3ncccn3)c3nc4ccccc4c(=O)[nH]3)cc2Cl)c2nc3ccccc3c(=O)[nH]2)n(-c2ncccn2)c1[N+]#[C-]. The van der Waals surface area contributed by atoms with Crippen LogP contribution in [-0.4, -0.2) is 70.8 Å². The summed E-state index contributed by atoms with van der Waals surface area (Å²) in [5.74, 6) is -4.14. The van der Waals surface area contributed by atoms with E-state index in [4.69, 9.17) is 36.3 Å². The second kappa shape index (κ2) is 19.8. The molecule has 9 aromatic rings. The molecular weight excluding hydrogens is 972 g/mol. The fraction of sp³-hybridized carbons (Fsp3) is 0.0455. The van der Waals surface area contributed by atoms with Crippen LogP contribution >= 0.6 is 23.2 Å². The minimum absolute atomic E-state index is 0.0865. The van der Waals surface area contributed by atoms with Gasteiger partial charge in [0.2, 0.25) is 18.0 Å². The van der Waals surface area contributed by atoms with Crippen molar-refractivity contribution in [3.05, 3.63) is 174 Å². The van der Waals surface area contributed by atoms with Crippen LogP contribution in [0, 0.1) is 35.8 Å². The zero-order chi connectivity index (χ0) is 50.5. The van der Waals surface area contributed by atoms with Gasteiger partial charge in [-0.2, -0.15) is 30.3 Å². The number of carbonyl (C=O) groups is 2. The number of imidazole rings is 2. The molecule has 2 amide bonds. The fourth-order valence-corrected chi connectivity index (χ4v) is 7.19. The number of anilines is 2. The Bertz CT molecular complexity index is 3770. The quantitative estimate of drug-likeness (QED) is 0.0695. The van der Waals surface area contributed by atoms with Crippen LogP contribution in [-0.2, 0) is 9.59 Å². The van der Waals surface area contributed by atoms with Crippen molar-refractivity contribution in [3.8, 4) is 24.0 Å². The summed E-state index contributed by atoms with van der Waals surface area (Å²) in [7, 11) is 0. The third-order valence-electron chi connectivity index (χ3n) is 9.98. The molecule has 26 nitrogen and oxygen atoms in total. The first-order chi connectivity index (χ1) is 35.0. The Balaban J connectivity index is 1.06. The lowest BCUT2D eigenvalue weighted by Crippen LogP contribution is -2.25. The molecule has 6 heterocycles. The topological polar surface area (TPSA) is 343 Å². The van der Waals surface area contributed by atoms with Crippen molar-refractivity contribution in [1.29, 1.82) is 10.5 Å². The van der Waals surface area contributed by atoms with E-state index in [0.717, 1.165) is 9.13 Å². The van der Waals surface area contributed by atoms with Gasteiger partial charge in [0.1, 0.15) is 23.8 Å². The molecule has 0 bridgehead atoms. The van der Waals surface area contributed by atoms with Crippen LogP contribution in [0.5, 0.6) is 0 Å². The minimum Gasteiger partial charge on any atom is -0.372 e. The Hall–Kier alpha value is -10.8. The second-order valence-corrected chi connectivity index (χ2v) is 15.2. The highest BCUT2D eigenvalue weighted by molar-refractivity contribution is 6.38. The molecule has 4 N–H and O–H groups in total. The first-order valence-corrected chi connectivity index (χ1v) is 21.0. The number of carbonyl (C=O) groups excluding carboxylic acids is 2. The van der Waals surface area contributed by atoms with Crippen molar-refractivity contribution >= 4 is 91.7 Å². The number of nitrogens with one attached hydrogen (secondary N) is 4. The van der Waals surface area contributed by atoms with Gasteiger partial charge in [-0.25, -0.2) is 34.5 Å². The maximum atomic E-state index is 14.3. The number of fused-ring (bicyclic) bond motifs is 2. The van der Waals surface area contributed by atoms with Gasteiger partial charge in [-0.05, 0) is 48.5 Å². The molecule has 9 rings (SSSR count). The van der Waals surface area contributed by atoms with E-state index in [1.165, 1.54) is 73.3 Å². The lowest BCUT2D eigenvalue weighted by molar-refractivity contribution is -0.118. The van der Waals surface area contributed by atoms with E-state index < -0.39 is 35.0 Å². The molecule has 0 aliphatic carbocycles. The number of nitrogens with zero attached hydrogens (tertiary/aromatic N) is 18. The molecule has 2 unspecified atom stereocenters. The maximum absolute atomic E-state index is 14.3. The number of para-hydroxylation sites is 2. The summed E-state index contributed by atoms with van der Waals surface area (Å²) in [4.78, 5) is 101. The maximum Gasteiger partial charge on any atom is 0.424 e. The van der Waals surface area contributed by atoms with Gasteiger partial charge in [-0.15, -0.1) is 5.11 Å². The van der Waals surface area contributed by atoms with Gasteiger partial charge in [-0.1, -0.05) is 70.7 Å². The highest BCUT2D eigenvalue weighted by Crippen LogP contribution is 2.37. The molecule has 0 aliphatic heterocycles. The molecule has 3 aromatic carbocycles. The Morgan fingerprint density at radius 1 is 0.653 bits per heavy atom. The highest BCUT2D eigenvalue weighted by Gasteiger charge is 2.31. The van der Waals surface area contributed by atoms with Gasteiger partial charge < -0.3 is 30.3 Å². The Morgan fingerprint density at radius 2 is 1.12 bits per heavy atom. The summed E-state index contributed by atoms with van der Waals surface area (Å²) in [6.07, 6.45) is 5.51. The number of hydrogen-bond donors (Lipinski definition) is 4. The van der Waals surface area contributed by atoms with Crippen molar-refractivity contribution in [2.45, 2.75) is 12.1 Å². The van der Waals surface area contributed by atoms with E-state index in [9.17, 15) is 29.7 Å². The summed E-state index contributed by atoms with van der Waals surface area (Å²) in [6.45, 7) is 15.3. The number of amides is 2. The van der Waals surface area contributed by atoms with Gasteiger partial charge in [0.15, 0.2) is 11.4 Å². The van der Waals surface area contributed by atoms with Crippen LogP contribution < -0.4 is 21.8 Å². The molecule has 0 fully saturated rings. The third kappa shape index (κ3) is 9.01. The van der Waals surface area contributed by atoms with Gasteiger partial charge in [0.05, 0.1) is 43.2 Å². The third-order valence-corrected chi connectivity index (χ3v) is 10.6. The zero-order valence-electron chi connectivity index (χ0n) is 35.8. The summed E-state index contributed by atoms with van der Waals surface area (Å²) in [5.41, 5.74) is -1.75. The normalized spacial score (nSPS) is 12.0. The number of benzene rings is 3. The largest absolute Gasteiger partial charge is 0.424 e. The van der Waals surface area contributed by atoms with Crippen molar-refractivity contribution in [2.75, 3.05) is 10.6 Å². The van der Waals surface area contributed by atoms with E-state index >= 15 is 0 Å². The summed E-state index contributed by atoms with van der Waals surface area (Å²) in [6, 6.07) is 18.1. The highest BCUT2D eigenvalue weighted by atomic mass is 35.5. The lowest BCUT2D eigenvalue weighted by Gasteiger charge is -2.16. The van der Waals surface area contributed by atoms with Crippen LogP contribution in [0.25, 0.3) is 43.4 Å². The Labute approximate surface area is 410 Å². The van der Waals surface area contributed by atoms with Crippen molar-refractivity contribution < 1.29 is 9.59 Å². The molecule has 0 saturated heterocycles. The van der Waals surface area contributed by atoms with Crippen molar-refractivity contribution in [1.82, 2.24) is 59.0 Å². The smallest absolute Gasteiger partial charge is 0.372 e. The van der Waals surface area contributed by atoms with Crippen LogP contribution in [0.2, 0.25) is 10.0 Å². The number of azo groups is 2. The average molecular weight is 994 g/mol. The molecule has 0 radical (unpaired) electrons. The van der Waals surface area contributed by atoms with Gasteiger partial charge in [0.25, 0.3) is 40.5 Å². The first-order valence-electron chi connectivity index (χ1n) is 20.3. The Morgan fingerprint density at radius 3 is 1.58 bits per heavy atom. The number of rotatable bonds is 12. The number of nitriles is 2. The monoisotopic (exact) mass is 992 g/mol. The Kier molecular flexibility index (Phi) is 12.7.